The second-order valence-corrected chi connectivity index (χ2v) is 5.74. The SMILES string of the molecule is CCNc1ncnc(NCCC(C)c2ccccc2)c1Br. The third-order valence-electron chi connectivity index (χ3n) is 3.37. The van der Waals surface area contributed by atoms with Crippen LogP contribution in [0.2, 0.25) is 0 Å². The Labute approximate surface area is 134 Å². The van der Waals surface area contributed by atoms with Gasteiger partial charge in [0.2, 0.25) is 0 Å². The van der Waals surface area contributed by atoms with Gasteiger partial charge in [-0.2, -0.15) is 0 Å². The summed E-state index contributed by atoms with van der Waals surface area (Å²) in [4.78, 5) is 8.49. The first kappa shape index (κ1) is 15.8. The van der Waals surface area contributed by atoms with Crippen LogP contribution < -0.4 is 10.6 Å². The van der Waals surface area contributed by atoms with Crippen LogP contribution in [0, 0.1) is 0 Å². The Morgan fingerprint density at radius 2 is 1.76 bits per heavy atom. The molecule has 5 heteroatoms. The first-order valence-electron chi connectivity index (χ1n) is 7.25. The van der Waals surface area contributed by atoms with E-state index in [-0.39, 0.29) is 0 Å². The molecule has 0 saturated carbocycles. The maximum Gasteiger partial charge on any atom is 0.145 e. The van der Waals surface area contributed by atoms with E-state index < -0.39 is 0 Å². The second-order valence-electron chi connectivity index (χ2n) is 4.94. The molecule has 0 bridgehead atoms. The molecule has 0 saturated heterocycles. The molecule has 0 aliphatic carbocycles. The maximum atomic E-state index is 4.28. The third kappa shape index (κ3) is 4.43. The molecule has 0 aliphatic rings. The molecule has 1 aromatic carbocycles. The van der Waals surface area contributed by atoms with Crippen molar-refractivity contribution in [3.63, 3.8) is 0 Å². The predicted octanol–water partition coefficient (Wildman–Crippen LogP) is 4.28. The summed E-state index contributed by atoms with van der Waals surface area (Å²) in [6.07, 6.45) is 2.63. The molecule has 1 unspecified atom stereocenters. The molecular weight excluding hydrogens is 328 g/mol. The molecular formula is C16H21BrN4. The number of nitrogens with one attached hydrogen (secondary N) is 2. The monoisotopic (exact) mass is 348 g/mol. The lowest BCUT2D eigenvalue weighted by atomic mass is 9.98. The highest BCUT2D eigenvalue weighted by Gasteiger charge is 2.09. The Morgan fingerprint density at radius 1 is 1.10 bits per heavy atom. The Morgan fingerprint density at radius 3 is 2.43 bits per heavy atom. The number of halogens is 1. The summed E-state index contributed by atoms with van der Waals surface area (Å²) in [5.41, 5.74) is 1.37. The zero-order chi connectivity index (χ0) is 15.1. The number of benzene rings is 1. The van der Waals surface area contributed by atoms with Crippen LogP contribution in [-0.4, -0.2) is 23.1 Å². The molecule has 2 rings (SSSR count). The summed E-state index contributed by atoms with van der Waals surface area (Å²) >= 11 is 3.54. The highest BCUT2D eigenvalue weighted by atomic mass is 79.9. The standard InChI is InChI=1S/C16H21BrN4/c1-3-18-15-14(17)16(21-11-20-15)19-10-9-12(2)13-7-5-4-6-8-13/h4-8,11-12H,3,9-10H2,1-2H3,(H2,18,19,20,21). The molecule has 2 aromatic rings. The van der Waals surface area contributed by atoms with E-state index >= 15 is 0 Å². The minimum Gasteiger partial charge on any atom is -0.369 e. The zero-order valence-corrected chi connectivity index (χ0v) is 14.0. The molecule has 1 atom stereocenters. The van der Waals surface area contributed by atoms with Gasteiger partial charge in [0.1, 0.15) is 22.4 Å². The molecule has 21 heavy (non-hydrogen) atoms. The Balaban J connectivity index is 1.90. The number of aromatic nitrogens is 2. The van der Waals surface area contributed by atoms with Crippen molar-refractivity contribution in [2.45, 2.75) is 26.2 Å². The summed E-state index contributed by atoms with van der Waals surface area (Å²) in [5, 5.41) is 6.58. The fourth-order valence-corrected chi connectivity index (χ4v) is 2.62. The van der Waals surface area contributed by atoms with Gasteiger partial charge in [-0.15, -0.1) is 0 Å². The van der Waals surface area contributed by atoms with Crippen molar-refractivity contribution < 1.29 is 0 Å². The topological polar surface area (TPSA) is 49.8 Å². The van der Waals surface area contributed by atoms with E-state index in [4.69, 9.17) is 0 Å². The lowest BCUT2D eigenvalue weighted by molar-refractivity contribution is 0.704. The van der Waals surface area contributed by atoms with Gasteiger partial charge >= 0.3 is 0 Å². The van der Waals surface area contributed by atoms with Crippen LogP contribution >= 0.6 is 15.9 Å². The van der Waals surface area contributed by atoms with Gasteiger partial charge in [0, 0.05) is 13.1 Å². The summed E-state index contributed by atoms with van der Waals surface area (Å²) in [6.45, 7) is 6.00. The largest absolute Gasteiger partial charge is 0.369 e. The predicted molar refractivity (Wildman–Crippen MR) is 91.9 cm³/mol. The van der Waals surface area contributed by atoms with Crippen LogP contribution in [0.5, 0.6) is 0 Å². The fraction of sp³-hybridized carbons (Fsp3) is 0.375. The van der Waals surface area contributed by atoms with Crippen LogP contribution in [0.25, 0.3) is 0 Å². The molecule has 0 fully saturated rings. The molecule has 1 heterocycles. The highest BCUT2D eigenvalue weighted by Crippen LogP contribution is 2.26. The molecule has 0 spiro atoms. The zero-order valence-electron chi connectivity index (χ0n) is 12.4. The van der Waals surface area contributed by atoms with Gasteiger partial charge in [-0.25, -0.2) is 9.97 Å². The van der Waals surface area contributed by atoms with Crippen LogP contribution in [0.3, 0.4) is 0 Å². The van der Waals surface area contributed by atoms with E-state index in [9.17, 15) is 0 Å². The van der Waals surface area contributed by atoms with Crippen molar-refractivity contribution in [2.75, 3.05) is 23.7 Å². The minimum absolute atomic E-state index is 0.521. The number of hydrogen-bond donors (Lipinski definition) is 2. The van der Waals surface area contributed by atoms with Crippen molar-refractivity contribution in [2.24, 2.45) is 0 Å². The van der Waals surface area contributed by atoms with E-state index in [1.54, 1.807) is 6.33 Å². The van der Waals surface area contributed by atoms with Gasteiger partial charge in [-0.3, -0.25) is 0 Å². The maximum absolute atomic E-state index is 4.28. The number of anilines is 2. The first-order chi connectivity index (χ1) is 10.2. The average molecular weight is 349 g/mol. The Hall–Kier alpha value is -1.62. The quantitative estimate of drug-likeness (QED) is 0.784. The van der Waals surface area contributed by atoms with Gasteiger partial charge in [-0.05, 0) is 40.8 Å². The smallest absolute Gasteiger partial charge is 0.145 e. The van der Waals surface area contributed by atoms with E-state index in [1.165, 1.54) is 5.56 Å². The summed E-state index contributed by atoms with van der Waals surface area (Å²) < 4.78 is 0.888. The van der Waals surface area contributed by atoms with E-state index in [1.807, 2.05) is 6.92 Å². The van der Waals surface area contributed by atoms with Gasteiger partial charge in [0.05, 0.1) is 0 Å². The molecule has 112 valence electrons. The van der Waals surface area contributed by atoms with Crippen molar-refractivity contribution in [3.05, 3.63) is 46.7 Å². The summed E-state index contributed by atoms with van der Waals surface area (Å²) in [7, 11) is 0. The number of nitrogens with zero attached hydrogens (tertiary/aromatic N) is 2. The highest BCUT2D eigenvalue weighted by molar-refractivity contribution is 9.10. The van der Waals surface area contributed by atoms with Gasteiger partial charge in [0.25, 0.3) is 0 Å². The number of hydrogen-bond acceptors (Lipinski definition) is 4. The van der Waals surface area contributed by atoms with Crippen LogP contribution in [0.1, 0.15) is 31.7 Å². The van der Waals surface area contributed by atoms with E-state index in [0.29, 0.717) is 5.92 Å². The third-order valence-corrected chi connectivity index (χ3v) is 4.12. The lowest BCUT2D eigenvalue weighted by Gasteiger charge is -2.14. The van der Waals surface area contributed by atoms with Crippen LogP contribution in [0.4, 0.5) is 11.6 Å². The van der Waals surface area contributed by atoms with E-state index in [0.717, 1.165) is 35.6 Å². The molecule has 0 radical (unpaired) electrons. The van der Waals surface area contributed by atoms with Gasteiger partial charge in [0.15, 0.2) is 0 Å². The molecule has 2 N–H and O–H groups in total. The van der Waals surface area contributed by atoms with Crippen molar-refractivity contribution in [1.82, 2.24) is 9.97 Å². The molecule has 4 nitrogen and oxygen atoms in total. The van der Waals surface area contributed by atoms with Crippen LogP contribution in [0.15, 0.2) is 41.1 Å². The Kier molecular flexibility index (Phi) is 5.99. The fourth-order valence-electron chi connectivity index (χ4n) is 2.14. The summed E-state index contributed by atoms with van der Waals surface area (Å²) in [5.74, 6) is 2.18. The number of rotatable bonds is 7. The second kappa shape index (κ2) is 7.98. The normalized spacial score (nSPS) is 12.0. The van der Waals surface area contributed by atoms with E-state index in [2.05, 4.69) is 73.8 Å². The van der Waals surface area contributed by atoms with Crippen molar-refractivity contribution >= 4 is 27.6 Å². The van der Waals surface area contributed by atoms with Gasteiger partial charge < -0.3 is 10.6 Å². The summed E-state index contributed by atoms with van der Waals surface area (Å²) in [6, 6.07) is 10.6. The first-order valence-corrected chi connectivity index (χ1v) is 8.04. The van der Waals surface area contributed by atoms with Gasteiger partial charge in [-0.1, -0.05) is 37.3 Å². The molecule has 0 aliphatic heterocycles. The van der Waals surface area contributed by atoms with Crippen LogP contribution in [-0.2, 0) is 0 Å². The van der Waals surface area contributed by atoms with Crippen molar-refractivity contribution in [1.29, 1.82) is 0 Å². The van der Waals surface area contributed by atoms with Crippen molar-refractivity contribution in [3.8, 4) is 0 Å². The lowest BCUT2D eigenvalue weighted by Crippen LogP contribution is -2.09. The Bertz CT molecular complexity index is 559. The molecule has 0 amide bonds. The minimum atomic E-state index is 0.521. The average Bonchev–Trinajstić information content (AvgIpc) is 2.52. The molecule has 1 aromatic heterocycles.